The van der Waals surface area contributed by atoms with E-state index in [9.17, 15) is 22.8 Å². The number of amides is 2. The third-order valence-electron chi connectivity index (χ3n) is 3.95. The van der Waals surface area contributed by atoms with Crippen LogP contribution in [-0.4, -0.2) is 40.5 Å². The Balaban J connectivity index is 2.15. The number of primary amides is 2. The summed E-state index contributed by atoms with van der Waals surface area (Å²) in [5, 5.41) is 7.89. The van der Waals surface area contributed by atoms with Crippen LogP contribution in [0.4, 0.5) is 36.3 Å². The summed E-state index contributed by atoms with van der Waals surface area (Å²) >= 11 is 0. The van der Waals surface area contributed by atoms with E-state index in [1.165, 1.54) is 0 Å². The second kappa shape index (κ2) is 9.29. The average Bonchev–Trinajstić information content (AvgIpc) is 2.64. The Kier molecular flexibility index (Phi) is 7.03. The van der Waals surface area contributed by atoms with E-state index in [0.717, 1.165) is 6.20 Å². The first-order valence-corrected chi connectivity index (χ1v) is 8.86. The van der Waals surface area contributed by atoms with Crippen molar-refractivity contribution in [1.82, 2.24) is 9.97 Å². The number of rotatable bonds is 9. The van der Waals surface area contributed by atoms with Crippen molar-refractivity contribution >= 4 is 35.0 Å². The van der Waals surface area contributed by atoms with Gasteiger partial charge in [0.25, 0.3) is 5.91 Å². The van der Waals surface area contributed by atoms with Gasteiger partial charge in [-0.1, -0.05) is 13.8 Å². The lowest BCUT2D eigenvalue weighted by Gasteiger charge is -2.20. The normalized spacial score (nSPS) is 12.3. The molecule has 0 aliphatic carbocycles. The van der Waals surface area contributed by atoms with E-state index < -0.39 is 30.6 Å². The molecule has 1 aromatic carbocycles. The maximum Gasteiger partial charge on any atom is 0.405 e. The number of carbonyl (C=O) groups excluding carboxylic acids is 2. The number of halogens is 3. The number of hydrogen-bond acceptors (Lipinski definition) is 7. The lowest BCUT2D eigenvalue weighted by Crippen LogP contribution is -2.39. The zero-order valence-corrected chi connectivity index (χ0v) is 16.2. The first-order valence-electron chi connectivity index (χ1n) is 8.86. The molecule has 9 nitrogen and oxygen atoms in total. The van der Waals surface area contributed by atoms with Gasteiger partial charge in [0.05, 0.1) is 5.56 Å². The topological polar surface area (TPSA) is 148 Å². The van der Waals surface area contributed by atoms with Crippen molar-refractivity contribution < 1.29 is 22.8 Å². The first kappa shape index (κ1) is 22.7. The van der Waals surface area contributed by atoms with E-state index in [2.05, 4.69) is 20.6 Å². The van der Waals surface area contributed by atoms with Gasteiger partial charge in [-0.25, -0.2) is 4.98 Å². The zero-order valence-electron chi connectivity index (χ0n) is 16.2. The summed E-state index contributed by atoms with van der Waals surface area (Å²) in [6.45, 7) is 2.33. The van der Waals surface area contributed by atoms with E-state index in [1.54, 1.807) is 24.3 Å². The number of benzene rings is 1. The third kappa shape index (κ3) is 6.50. The van der Waals surface area contributed by atoms with Gasteiger partial charge in [-0.3, -0.25) is 9.59 Å². The molecule has 1 aromatic heterocycles. The van der Waals surface area contributed by atoms with Crippen LogP contribution in [-0.2, 0) is 4.79 Å². The third-order valence-corrected chi connectivity index (χ3v) is 3.95. The largest absolute Gasteiger partial charge is 0.405 e. The summed E-state index contributed by atoms with van der Waals surface area (Å²) in [6, 6.07) is 6.11. The van der Waals surface area contributed by atoms with Gasteiger partial charge in [0.15, 0.2) is 0 Å². The second-order valence-electron chi connectivity index (χ2n) is 6.76. The van der Waals surface area contributed by atoms with Crippen molar-refractivity contribution in [3.63, 3.8) is 0 Å². The molecule has 2 aromatic rings. The predicted octanol–water partition coefficient (Wildman–Crippen LogP) is 2.22. The molecule has 12 heteroatoms. The number of aromatic nitrogens is 2. The van der Waals surface area contributed by atoms with Crippen LogP contribution in [0.25, 0.3) is 0 Å². The molecular weight excluding hydrogens is 403 g/mol. The maximum atomic E-state index is 12.5. The van der Waals surface area contributed by atoms with Crippen molar-refractivity contribution in [2.75, 3.05) is 22.5 Å². The fourth-order valence-corrected chi connectivity index (χ4v) is 2.47. The number of carbonyl (C=O) groups is 2. The van der Waals surface area contributed by atoms with Gasteiger partial charge in [-0.15, -0.1) is 0 Å². The van der Waals surface area contributed by atoms with Gasteiger partial charge >= 0.3 is 6.18 Å². The van der Waals surface area contributed by atoms with Crippen molar-refractivity contribution in [2.45, 2.75) is 26.1 Å². The molecule has 30 heavy (non-hydrogen) atoms. The van der Waals surface area contributed by atoms with Crippen molar-refractivity contribution in [3.05, 3.63) is 36.0 Å². The van der Waals surface area contributed by atoms with Crippen LogP contribution in [0.1, 0.15) is 24.2 Å². The summed E-state index contributed by atoms with van der Waals surface area (Å²) in [7, 11) is 0. The molecule has 2 amide bonds. The smallest absolute Gasteiger partial charge is 0.373 e. The highest BCUT2D eigenvalue weighted by atomic mass is 19.4. The van der Waals surface area contributed by atoms with Crippen LogP contribution in [0.3, 0.4) is 0 Å². The Morgan fingerprint density at radius 2 is 1.70 bits per heavy atom. The molecule has 0 radical (unpaired) electrons. The van der Waals surface area contributed by atoms with Crippen molar-refractivity contribution in [3.8, 4) is 0 Å². The van der Waals surface area contributed by atoms with E-state index >= 15 is 0 Å². The molecule has 1 atom stereocenters. The number of nitrogens with zero attached hydrogens (tertiary/aromatic N) is 2. The molecule has 162 valence electrons. The molecule has 0 bridgehead atoms. The van der Waals surface area contributed by atoms with Gasteiger partial charge in [0.2, 0.25) is 11.9 Å². The Hall–Kier alpha value is -3.57. The highest BCUT2D eigenvalue weighted by Crippen LogP contribution is 2.22. The Morgan fingerprint density at radius 1 is 1.10 bits per heavy atom. The summed E-state index contributed by atoms with van der Waals surface area (Å²) in [4.78, 5) is 30.7. The highest BCUT2D eigenvalue weighted by molar-refractivity contribution is 5.97. The Labute approximate surface area is 170 Å². The fourth-order valence-electron chi connectivity index (χ4n) is 2.47. The van der Waals surface area contributed by atoms with E-state index in [-0.39, 0.29) is 23.2 Å². The minimum absolute atomic E-state index is 0.0138. The number of anilines is 4. The number of hydrogen-bond donors (Lipinski definition) is 5. The molecule has 0 saturated heterocycles. The number of nitrogens with two attached hydrogens (primary N) is 2. The highest BCUT2D eigenvalue weighted by Gasteiger charge is 2.28. The van der Waals surface area contributed by atoms with E-state index in [1.807, 2.05) is 19.2 Å². The van der Waals surface area contributed by atoms with Crippen LogP contribution < -0.4 is 27.4 Å². The number of alkyl halides is 3. The minimum atomic E-state index is -4.50. The quantitative estimate of drug-likeness (QED) is 0.414. The lowest BCUT2D eigenvalue weighted by molar-refractivity contribution is -0.119. The van der Waals surface area contributed by atoms with Gasteiger partial charge in [-0.2, -0.15) is 18.2 Å². The average molecular weight is 425 g/mol. The first-order chi connectivity index (χ1) is 14.0. The monoisotopic (exact) mass is 425 g/mol. The standard InChI is InChI=1S/C18H22F3N7O2/c1-9(2)13(15(23)30)26-10-3-5-11(6-4-10)27-17-24-7-12(14(22)29)16(28-17)25-8-18(19,20)21/h3-7,9,13,26H,8H2,1-2H3,(H2,22,29)(H2,23,30)(H2,24,25,27,28). The molecule has 1 unspecified atom stereocenters. The van der Waals surface area contributed by atoms with Gasteiger partial charge in [0.1, 0.15) is 18.4 Å². The molecule has 1 heterocycles. The van der Waals surface area contributed by atoms with E-state index in [0.29, 0.717) is 11.4 Å². The van der Waals surface area contributed by atoms with Gasteiger partial charge in [-0.05, 0) is 30.2 Å². The molecule has 0 fully saturated rings. The van der Waals surface area contributed by atoms with Gasteiger partial charge < -0.3 is 27.4 Å². The fraction of sp³-hybridized carbons (Fsp3) is 0.333. The van der Waals surface area contributed by atoms with Crippen LogP contribution in [0.15, 0.2) is 30.5 Å². The van der Waals surface area contributed by atoms with Crippen LogP contribution in [0.5, 0.6) is 0 Å². The summed E-state index contributed by atoms with van der Waals surface area (Å²) in [5.74, 6) is -1.83. The SMILES string of the molecule is CC(C)C(Nc1ccc(Nc2ncc(C(N)=O)c(NCC(F)(F)F)n2)cc1)C(N)=O. The minimum Gasteiger partial charge on any atom is -0.373 e. The number of nitrogens with one attached hydrogen (secondary N) is 3. The van der Waals surface area contributed by atoms with E-state index in [4.69, 9.17) is 11.5 Å². The predicted molar refractivity (Wildman–Crippen MR) is 106 cm³/mol. The van der Waals surface area contributed by atoms with Crippen molar-refractivity contribution in [2.24, 2.45) is 17.4 Å². The molecule has 0 aliphatic heterocycles. The lowest BCUT2D eigenvalue weighted by atomic mass is 10.0. The zero-order chi connectivity index (χ0) is 22.5. The van der Waals surface area contributed by atoms with Gasteiger partial charge in [0, 0.05) is 17.6 Å². The van der Waals surface area contributed by atoms with Crippen LogP contribution in [0, 0.1) is 5.92 Å². The van der Waals surface area contributed by atoms with Crippen molar-refractivity contribution in [1.29, 1.82) is 0 Å². The maximum absolute atomic E-state index is 12.5. The molecular formula is C18H22F3N7O2. The molecule has 0 saturated carbocycles. The molecule has 0 aliphatic rings. The molecule has 7 N–H and O–H groups in total. The second-order valence-corrected chi connectivity index (χ2v) is 6.76. The summed E-state index contributed by atoms with van der Waals surface area (Å²) < 4.78 is 37.4. The molecule has 2 rings (SSSR count). The Bertz CT molecular complexity index is 902. The Morgan fingerprint density at radius 3 is 2.20 bits per heavy atom. The summed E-state index contributed by atoms with van der Waals surface area (Å²) in [5.41, 5.74) is 11.4. The van der Waals surface area contributed by atoms with Crippen LogP contribution >= 0.6 is 0 Å². The molecule has 0 spiro atoms. The van der Waals surface area contributed by atoms with Crippen LogP contribution in [0.2, 0.25) is 0 Å². The summed E-state index contributed by atoms with van der Waals surface area (Å²) in [6.07, 6.45) is -3.47.